The van der Waals surface area contributed by atoms with Crippen LogP contribution >= 0.6 is 0 Å². The summed E-state index contributed by atoms with van der Waals surface area (Å²) in [6.45, 7) is 10.5. The van der Waals surface area contributed by atoms with Crippen LogP contribution in [-0.4, -0.2) is 44.2 Å². The minimum absolute atomic E-state index is 0.170. The van der Waals surface area contributed by atoms with Crippen molar-refractivity contribution >= 4 is 16.2 Å². The maximum Gasteiger partial charge on any atom is 0.410 e. The molecule has 0 aliphatic carbocycles. The van der Waals surface area contributed by atoms with Crippen molar-refractivity contribution in [3.8, 4) is 0 Å². The van der Waals surface area contributed by atoms with Crippen molar-refractivity contribution in [3.63, 3.8) is 0 Å². The van der Waals surface area contributed by atoms with Gasteiger partial charge in [0, 0.05) is 13.1 Å². The van der Waals surface area contributed by atoms with Crippen LogP contribution in [0.1, 0.15) is 65.4 Å². The fourth-order valence-corrected chi connectivity index (χ4v) is 4.03. The molecule has 1 fully saturated rings. The van der Waals surface area contributed by atoms with Gasteiger partial charge in [-0.1, -0.05) is 26.0 Å². The highest BCUT2D eigenvalue weighted by Gasteiger charge is 2.30. The van der Waals surface area contributed by atoms with Gasteiger partial charge in [0.1, 0.15) is 5.60 Å². The van der Waals surface area contributed by atoms with E-state index in [1.165, 1.54) is 0 Å². The average molecular weight is 398 g/mol. The quantitative estimate of drug-likeness (QED) is 0.693. The van der Waals surface area contributed by atoms with Crippen LogP contribution in [0.5, 0.6) is 0 Å². The zero-order valence-electron chi connectivity index (χ0n) is 16.9. The lowest BCUT2D eigenvalue weighted by atomic mass is 9.99. The normalized spacial score (nSPS) is 17.6. The Hall–Kier alpha value is -1.60. The third kappa shape index (κ3) is 6.21. The third-order valence-corrected chi connectivity index (χ3v) is 6.08. The van der Waals surface area contributed by atoms with Gasteiger partial charge in [-0.2, -0.15) is 8.42 Å². The molecule has 0 bridgehead atoms. The SMILES string of the molecule is CCC(C)c1ccc(S(=O)(=O)OC2CCN(C(=O)OC(C)(C)C)CC2)cc1. The maximum atomic E-state index is 12.5. The molecule has 1 aromatic carbocycles. The molecule has 6 nitrogen and oxygen atoms in total. The van der Waals surface area contributed by atoms with E-state index < -0.39 is 21.8 Å². The molecule has 0 N–H and O–H groups in total. The molecule has 0 aromatic heterocycles. The molecular formula is C20H31NO5S. The van der Waals surface area contributed by atoms with Crippen molar-refractivity contribution in [1.82, 2.24) is 4.90 Å². The van der Waals surface area contributed by atoms with E-state index in [4.69, 9.17) is 8.92 Å². The Bertz CT molecular complexity index is 729. The number of ether oxygens (including phenoxy) is 1. The highest BCUT2D eigenvalue weighted by atomic mass is 32.2. The fraction of sp³-hybridized carbons (Fsp3) is 0.650. The molecule has 152 valence electrons. The summed E-state index contributed by atoms with van der Waals surface area (Å²) >= 11 is 0. The number of likely N-dealkylation sites (tertiary alicyclic amines) is 1. The van der Waals surface area contributed by atoms with Gasteiger partial charge < -0.3 is 9.64 Å². The minimum atomic E-state index is -3.81. The zero-order valence-corrected chi connectivity index (χ0v) is 17.7. The van der Waals surface area contributed by atoms with Crippen molar-refractivity contribution < 1.29 is 22.1 Å². The van der Waals surface area contributed by atoms with E-state index in [2.05, 4.69) is 13.8 Å². The van der Waals surface area contributed by atoms with Crippen LogP contribution in [0.3, 0.4) is 0 Å². The molecule has 1 aliphatic rings. The van der Waals surface area contributed by atoms with Gasteiger partial charge >= 0.3 is 6.09 Å². The van der Waals surface area contributed by atoms with Crippen LogP contribution in [-0.2, 0) is 19.0 Å². The van der Waals surface area contributed by atoms with Crippen LogP contribution in [0.15, 0.2) is 29.2 Å². The van der Waals surface area contributed by atoms with E-state index in [0.29, 0.717) is 31.8 Å². The van der Waals surface area contributed by atoms with Crippen LogP contribution in [0.4, 0.5) is 4.79 Å². The molecule has 1 unspecified atom stereocenters. The predicted octanol–water partition coefficient (Wildman–Crippen LogP) is 4.30. The monoisotopic (exact) mass is 397 g/mol. The van der Waals surface area contributed by atoms with E-state index >= 15 is 0 Å². The Kier molecular flexibility index (Phi) is 6.92. The van der Waals surface area contributed by atoms with Gasteiger partial charge in [0.15, 0.2) is 0 Å². The number of carbonyl (C=O) groups is 1. The van der Waals surface area contributed by atoms with Crippen molar-refractivity contribution in [2.24, 2.45) is 0 Å². The number of hydrogen-bond acceptors (Lipinski definition) is 5. The second kappa shape index (κ2) is 8.61. The Morgan fingerprint density at radius 3 is 2.22 bits per heavy atom. The van der Waals surface area contributed by atoms with Crippen LogP contribution in [0.2, 0.25) is 0 Å². The van der Waals surface area contributed by atoms with Crippen LogP contribution < -0.4 is 0 Å². The van der Waals surface area contributed by atoms with Crippen molar-refractivity contribution in [1.29, 1.82) is 0 Å². The predicted molar refractivity (Wildman–Crippen MR) is 104 cm³/mol. The molecule has 1 atom stereocenters. The van der Waals surface area contributed by atoms with Crippen molar-refractivity contribution in [2.45, 2.75) is 76.4 Å². The number of hydrogen-bond donors (Lipinski definition) is 0. The lowest BCUT2D eigenvalue weighted by molar-refractivity contribution is 0.0133. The topological polar surface area (TPSA) is 72.9 Å². The Morgan fingerprint density at radius 1 is 1.19 bits per heavy atom. The summed E-state index contributed by atoms with van der Waals surface area (Å²) in [5.41, 5.74) is 0.567. The van der Waals surface area contributed by atoms with Crippen LogP contribution in [0.25, 0.3) is 0 Å². The van der Waals surface area contributed by atoms with Crippen LogP contribution in [0, 0.1) is 0 Å². The lowest BCUT2D eigenvalue weighted by Crippen LogP contribution is -2.43. The number of piperidine rings is 1. The lowest BCUT2D eigenvalue weighted by Gasteiger charge is -2.33. The minimum Gasteiger partial charge on any atom is -0.444 e. The van der Waals surface area contributed by atoms with E-state index in [0.717, 1.165) is 12.0 Å². The third-order valence-electron chi connectivity index (χ3n) is 4.71. The summed E-state index contributed by atoms with van der Waals surface area (Å²) in [7, 11) is -3.81. The zero-order chi connectivity index (χ0) is 20.2. The van der Waals surface area contributed by atoms with Gasteiger partial charge in [-0.05, 0) is 63.6 Å². The highest BCUT2D eigenvalue weighted by Crippen LogP contribution is 2.24. The maximum absolute atomic E-state index is 12.5. The van der Waals surface area contributed by atoms with E-state index in [1.807, 2.05) is 32.9 Å². The molecule has 1 aromatic rings. The fourth-order valence-electron chi connectivity index (χ4n) is 2.89. The second-order valence-electron chi connectivity index (χ2n) is 8.10. The molecule has 0 saturated carbocycles. The summed E-state index contributed by atoms with van der Waals surface area (Å²) in [6.07, 6.45) is 1.12. The van der Waals surface area contributed by atoms with Gasteiger partial charge in [-0.3, -0.25) is 4.18 Å². The average Bonchev–Trinajstić information content (AvgIpc) is 2.60. The Morgan fingerprint density at radius 2 is 1.74 bits per heavy atom. The number of nitrogens with zero attached hydrogens (tertiary/aromatic N) is 1. The first kappa shape index (κ1) is 21.7. The standard InChI is InChI=1S/C20H31NO5S/c1-6-15(2)16-7-9-18(10-8-16)27(23,24)26-17-11-13-21(14-12-17)19(22)25-20(3,4)5/h7-10,15,17H,6,11-14H2,1-5H3. The molecule has 1 saturated heterocycles. The number of rotatable bonds is 5. The highest BCUT2D eigenvalue weighted by molar-refractivity contribution is 7.86. The summed E-state index contributed by atoms with van der Waals surface area (Å²) in [5.74, 6) is 0.389. The van der Waals surface area contributed by atoms with Gasteiger partial charge in [0.05, 0.1) is 11.0 Å². The summed E-state index contributed by atoms with van der Waals surface area (Å²) in [6, 6.07) is 6.89. The molecule has 1 heterocycles. The van der Waals surface area contributed by atoms with Crippen molar-refractivity contribution in [3.05, 3.63) is 29.8 Å². The van der Waals surface area contributed by atoms with Gasteiger partial charge in [-0.15, -0.1) is 0 Å². The summed E-state index contributed by atoms with van der Waals surface area (Å²) in [4.78, 5) is 13.8. The molecule has 27 heavy (non-hydrogen) atoms. The molecule has 2 rings (SSSR count). The largest absolute Gasteiger partial charge is 0.444 e. The van der Waals surface area contributed by atoms with Gasteiger partial charge in [-0.25, -0.2) is 4.79 Å². The number of carbonyl (C=O) groups excluding carboxylic acids is 1. The Labute approximate surface area is 163 Å². The molecule has 1 amide bonds. The second-order valence-corrected chi connectivity index (χ2v) is 9.67. The smallest absolute Gasteiger partial charge is 0.410 e. The van der Waals surface area contributed by atoms with E-state index in [9.17, 15) is 13.2 Å². The number of benzene rings is 1. The molecule has 0 spiro atoms. The summed E-state index contributed by atoms with van der Waals surface area (Å²) < 4.78 is 35.8. The molecular weight excluding hydrogens is 366 g/mol. The van der Waals surface area contributed by atoms with E-state index in [1.54, 1.807) is 17.0 Å². The number of amides is 1. The molecule has 0 radical (unpaired) electrons. The van der Waals surface area contributed by atoms with Gasteiger partial charge in [0.25, 0.3) is 10.1 Å². The summed E-state index contributed by atoms with van der Waals surface area (Å²) in [5, 5.41) is 0. The Balaban J connectivity index is 1.93. The first-order chi connectivity index (χ1) is 12.5. The first-order valence-electron chi connectivity index (χ1n) is 9.53. The molecule has 7 heteroatoms. The van der Waals surface area contributed by atoms with Crippen molar-refractivity contribution in [2.75, 3.05) is 13.1 Å². The first-order valence-corrected chi connectivity index (χ1v) is 10.9. The molecule has 1 aliphatic heterocycles. The van der Waals surface area contributed by atoms with E-state index in [-0.39, 0.29) is 11.0 Å². The van der Waals surface area contributed by atoms with Gasteiger partial charge in [0.2, 0.25) is 0 Å².